The molecule has 0 heterocycles. The molecule has 16 heteroatoms. The molecule has 1 aliphatic rings. The Morgan fingerprint density at radius 1 is 0.636 bits per heavy atom. The number of alkyl halides is 6. The van der Waals surface area contributed by atoms with Crippen LogP contribution in [0.1, 0.15) is 35.8 Å². The summed E-state index contributed by atoms with van der Waals surface area (Å²) >= 11 is 0. The molecule has 44 heavy (non-hydrogen) atoms. The molecule has 1 aliphatic carbocycles. The second kappa shape index (κ2) is 13.1. The van der Waals surface area contributed by atoms with E-state index in [0.29, 0.717) is 0 Å². The summed E-state index contributed by atoms with van der Waals surface area (Å²) in [7, 11) is 1.97. The van der Waals surface area contributed by atoms with Crippen molar-refractivity contribution < 1.29 is 74.7 Å². The second-order valence-electron chi connectivity index (χ2n) is 9.08. The van der Waals surface area contributed by atoms with E-state index in [1.54, 1.807) is 0 Å². The first-order chi connectivity index (χ1) is 20.5. The van der Waals surface area contributed by atoms with Crippen molar-refractivity contribution in [3.8, 4) is 11.5 Å². The lowest BCUT2D eigenvalue weighted by Gasteiger charge is -2.27. The number of esters is 2. The van der Waals surface area contributed by atoms with Crippen LogP contribution in [0.4, 0.5) is 26.3 Å². The van der Waals surface area contributed by atoms with Crippen LogP contribution in [0.5, 0.6) is 11.5 Å². The number of aliphatic hydroxyl groups excluding tert-OH is 2. The quantitative estimate of drug-likeness (QED) is 0.202. The summed E-state index contributed by atoms with van der Waals surface area (Å²) in [6.07, 6.45) is -11.5. The van der Waals surface area contributed by atoms with Crippen LogP contribution in [0.15, 0.2) is 71.2 Å². The van der Waals surface area contributed by atoms with E-state index in [1.165, 1.54) is 0 Å². The van der Waals surface area contributed by atoms with E-state index in [9.17, 15) is 55.7 Å². The molecule has 2 aromatic rings. The van der Waals surface area contributed by atoms with Crippen molar-refractivity contribution in [1.82, 2.24) is 0 Å². The van der Waals surface area contributed by atoms with E-state index < -0.39 is 95.1 Å². The normalized spacial score (nSPS) is 15.5. The van der Waals surface area contributed by atoms with Crippen LogP contribution in [0.3, 0.4) is 0 Å². The SMILES string of the molecule is COC(=O)C[C@H](C1=C(O)C(=O)C([C@@H](CC(=O)OC)c2ccc(OC(F)(F)F)cc2)=C(O)C1=O)c1ccc(OC(F)(F)F)cc1. The zero-order chi connectivity index (χ0) is 33.0. The van der Waals surface area contributed by atoms with Gasteiger partial charge in [0.25, 0.3) is 0 Å². The summed E-state index contributed by atoms with van der Waals surface area (Å²) in [5.74, 6) is -11.6. The van der Waals surface area contributed by atoms with Crippen molar-refractivity contribution in [3.63, 3.8) is 0 Å². The molecule has 0 saturated heterocycles. The average Bonchev–Trinajstić information content (AvgIpc) is 2.94. The summed E-state index contributed by atoms with van der Waals surface area (Å²) in [6.45, 7) is 0. The molecular weight excluding hydrogens is 610 g/mol. The van der Waals surface area contributed by atoms with Gasteiger partial charge in [0, 0.05) is 11.8 Å². The number of halogens is 6. The molecule has 0 fully saturated rings. The minimum absolute atomic E-state index is 0.0600. The predicted molar refractivity (Wildman–Crippen MR) is 134 cm³/mol. The first-order valence-electron chi connectivity index (χ1n) is 12.3. The number of benzene rings is 2. The van der Waals surface area contributed by atoms with Gasteiger partial charge in [-0.2, -0.15) is 0 Å². The fourth-order valence-electron chi connectivity index (χ4n) is 4.44. The number of ether oxygens (including phenoxy) is 4. The lowest BCUT2D eigenvalue weighted by Crippen LogP contribution is -2.31. The number of hydrogen-bond acceptors (Lipinski definition) is 10. The zero-order valence-electron chi connectivity index (χ0n) is 22.6. The summed E-state index contributed by atoms with van der Waals surface area (Å²) in [5, 5.41) is 21.9. The Bertz CT molecular complexity index is 1380. The molecule has 10 nitrogen and oxygen atoms in total. The maximum Gasteiger partial charge on any atom is 0.573 e. The Morgan fingerprint density at radius 3 is 1.18 bits per heavy atom. The van der Waals surface area contributed by atoms with Crippen LogP contribution in [-0.2, 0) is 28.7 Å². The standard InChI is InChI=1S/C28H22F6O10/c1-41-19(35)11-17(13-3-7-15(8-4-13)43-27(29,30)31)21-23(37)25(39)22(26(40)24(21)38)18(12-20(36)42-2)14-5-9-16(10-6-14)44-28(32,33)34/h3-10,17-18,37,40H,11-12H2,1-2H3/t17-,18-/m0/s1. The number of aliphatic hydroxyl groups is 2. The van der Waals surface area contributed by atoms with Crippen molar-refractivity contribution in [2.45, 2.75) is 37.4 Å². The van der Waals surface area contributed by atoms with E-state index in [2.05, 4.69) is 18.9 Å². The highest BCUT2D eigenvalue weighted by Crippen LogP contribution is 2.41. The van der Waals surface area contributed by atoms with Gasteiger partial charge in [0.1, 0.15) is 11.5 Å². The summed E-state index contributed by atoms with van der Waals surface area (Å²) in [5.41, 5.74) is -1.74. The molecule has 2 atom stereocenters. The third-order valence-corrected chi connectivity index (χ3v) is 6.36. The molecule has 2 aromatic carbocycles. The minimum atomic E-state index is -5.03. The smallest absolute Gasteiger partial charge is 0.504 e. The van der Waals surface area contributed by atoms with Gasteiger partial charge in [0.15, 0.2) is 11.5 Å². The van der Waals surface area contributed by atoms with Crippen molar-refractivity contribution in [2.24, 2.45) is 0 Å². The number of allylic oxidation sites excluding steroid dienone is 2. The van der Waals surface area contributed by atoms with Crippen LogP contribution >= 0.6 is 0 Å². The molecule has 236 valence electrons. The average molecular weight is 632 g/mol. The summed E-state index contributed by atoms with van der Waals surface area (Å²) in [6, 6.07) is 7.47. The van der Waals surface area contributed by atoms with Gasteiger partial charge in [0.2, 0.25) is 11.6 Å². The number of rotatable bonds is 10. The van der Waals surface area contributed by atoms with Gasteiger partial charge in [-0.3, -0.25) is 19.2 Å². The van der Waals surface area contributed by atoms with Crippen molar-refractivity contribution in [1.29, 1.82) is 0 Å². The molecule has 0 spiro atoms. The fourth-order valence-corrected chi connectivity index (χ4v) is 4.44. The van der Waals surface area contributed by atoms with E-state index >= 15 is 0 Å². The molecule has 0 aliphatic heterocycles. The van der Waals surface area contributed by atoms with E-state index in [-0.39, 0.29) is 11.1 Å². The lowest BCUT2D eigenvalue weighted by molar-refractivity contribution is -0.275. The van der Waals surface area contributed by atoms with Gasteiger partial charge in [-0.1, -0.05) is 24.3 Å². The Balaban J connectivity index is 2.09. The van der Waals surface area contributed by atoms with E-state index in [0.717, 1.165) is 62.8 Å². The van der Waals surface area contributed by atoms with Crippen LogP contribution in [0.2, 0.25) is 0 Å². The molecule has 0 bridgehead atoms. The van der Waals surface area contributed by atoms with Crippen molar-refractivity contribution in [2.75, 3.05) is 14.2 Å². The molecule has 0 amide bonds. The second-order valence-corrected chi connectivity index (χ2v) is 9.08. The van der Waals surface area contributed by atoms with Gasteiger partial charge in [-0.05, 0) is 35.4 Å². The minimum Gasteiger partial charge on any atom is -0.504 e. The topological polar surface area (TPSA) is 146 Å². The van der Waals surface area contributed by atoms with Gasteiger partial charge in [-0.25, -0.2) is 0 Å². The molecule has 0 unspecified atom stereocenters. The Labute approximate surface area is 244 Å². The molecule has 0 aromatic heterocycles. The predicted octanol–water partition coefficient (Wildman–Crippen LogP) is 5.25. The molecule has 0 radical (unpaired) electrons. The molecular formula is C28H22F6O10. The maximum atomic E-state index is 13.5. The Kier molecular flexibility index (Phi) is 9.96. The summed E-state index contributed by atoms with van der Waals surface area (Å²) < 4.78 is 92.3. The highest BCUT2D eigenvalue weighted by molar-refractivity contribution is 6.24. The number of Topliss-reactive ketones (excluding diaryl/α,β-unsaturated/α-hetero) is 2. The van der Waals surface area contributed by atoms with Gasteiger partial charge < -0.3 is 29.2 Å². The molecule has 2 N–H and O–H groups in total. The largest absolute Gasteiger partial charge is 0.573 e. The number of hydrogen-bond donors (Lipinski definition) is 2. The summed E-state index contributed by atoms with van der Waals surface area (Å²) in [4.78, 5) is 51.3. The van der Waals surface area contributed by atoms with Gasteiger partial charge in [-0.15, -0.1) is 26.3 Å². The highest BCUT2D eigenvalue weighted by Gasteiger charge is 2.43. The van der Waals surface area contributed by atoms with E-state index in [4.69, 9.17) is 0 Å². The van der Waals surface area contributed by atoms with E-state index in [1.807, 2.05) is 0 Å². The maximum absolute atomic E-state index is 13.5. The zero-order valence-corrected chi connectivity index (χ0v) is 22.6. The number of ketones is 2. The number of methoxy groups -OCH3 is 2. The van der Waals surface area contributed by atoms with Crippen LogP contribution in [0.25, 0.3) is 0 Å². The lowest BCUT2D eigenvalue weighted by atomic mass is 9.76. The highest BCUT2D eigenvalue weighted by atomic mass is 19.4. The van der Waals surface area contributed by atoms with Gasteiger partial charge in [0.05, 0.1) is 38.2 Å². The Hall–Kier alpha value is -5.02. The molecule has 0 saturated carbocycles. The first-order valence-corrected chi connectivity index (χ1v) is 12.3. The molecule has 3 rings (SSSR count). The van der Waals surface area contributed by atoms with Crippen molar-refractivity contribution >= 4 is 23.5 Å². The number of carbonyl (C=O) groups is 4. The van der Waals surface area contributed by atoms with Crippen LogP contribution in [-0.4, -0.2) is 60.7 Å². The number of carbonyl (C=O) groups excluding carboxylic acids is 4. The third-order valence-electron chi connectivity index (χ3n) is 6.36. The fraction of sp³-hybridized carbons (Fsp3) is 0.286. The van der Waals surface area contributed by atoms with Gasteiger partial charge >= 0.3 is 24.7 Å². The first kappa shape index (κ1) is 33.5. The van der Waals surface area contributed by atoms with Crippen LogP contribution < -0.4 is 9.47 Å². The van der Waals surface area contributed by atoms with Crippen LogP contribution in [0, 0.1) is 0 Å². The third kappa shape index (κ3) is 8.08. The monoisotopic (exact) mass is 632 g/mol. The Morgan fingerprint density at radius 2 is 0.932 bits per heavy atom. The van der Waals surface area contributed by atoms with Crippen molar-refractivity contribution in [3.05, 3.63) is 82.3 Å².